The van der Waals surface area contributed by atoms with E-state index in [4.69, 9.17) is 4.55 Å². The van der Waals surface area contributed by atoms with Crippen LogP contribution in [0.4, 0.5) is 8.78 Å². The topological polar surface area (TPSA) is 89.9 Å². The molecule has 0 aromatic carbocycles. The third kappa shape index (κ3) is 6.29. The molecule has 100 valence electrons. The summed E-state index contributed by atoms with van der Waals surface area (Å²) < 4.78 is 63.0. The first-order valence-corrected chi connectivity index (χ1v) is 5.80. The van der Waals surface area contributed by atoms with Gasteiger partial charge in [0, 0.05) is 5.57 Å². The Morgan fingerprint density at radius 3 is 2.35 bits per heavy atom. The second-order valence-corrected chi connectivity index (χ2v) is 4.89. The summed E-state index contributed by atoms with van der Waals surface area (Å²) in [5.74, 6) is -1.06. The van der Waals surface area contributed by atoms with Crippen LogP contribution in [0.15, 0.2) is 12.2 Å². The van der Waals surface area contributed by atoms with E-state index in [1.807, 2.05) is 0 Å². The number of alkyl halides is 2. The highest BCUT2D eigenvalue weighted by Gasteiger charge is 2.38. The molecule has 0 rings (SSSR count). The number of carbonyl (C=O) groups is 1. The monoisotopic (exact) mass is 274 g/mol. The van der Waals surface area contributed by atoms with Crippen LogP contribution in [0, 0.1) is 0 Å². The first-order valence-electron chi connectivity index (χ1n) is 4.30. The lowest BCUT2D eigenvalue weighted by atomic mass is 10.4. The zero-order chi connectivity index (χ0) is 13.9. The zero-order valence-corrected chi connectivity index (χ0v) is 9.96. The van der Waals surface area contributed by atoms with Crippen LogP contribution in [0.5, 0.6) is 0 Å². The minimum atomic E-state index is -4.75. The summed E-state index contributed by atoms with van der Waals surface area (Å²) in [6.45, 7) is 3.65. The largest absolute Gasteiger partial charge is 0.453 e. The van der Waals surface area contributed by atoms with Crippen LogP contribution in [0.1, 0.15) is 13.8 Å². The summed E-state index contributed by atoms with van der Waals surface area (Å²) >= 11 is 0. The molecule has 0 aliphatic rings. The number of carbonyl (C=O) groups excluding carboxylic acids is 1. The van der Waals surface area contributed by atoms with Crippen LogP contribution in [0.25, 0.3) is 0 Å². The fraction of sp³-hybridized carbons (Fsp3) is 0.625. The fourth-order valence-electron chi connectivity index (χ4n) is 0.610. The molecule has 0 amide bonds. The van der Waals surface area contributed by atoms with Gasteiger partial charge in [-0.1, -0.05) is 6.58 Å². The number of ether oxygens (including phenoxy) is 2. The molecule has 0 aromatic heterocycles. The molecule has 9 heteroatoms. The zero-order valence-electron chi connectivity index (χ0n) is 9.14. The highest BCUT2D eigenvalue weighted by molar-refractivity contribution is 7.86. The molecule has 0 saturated carbocycles. The number of hydrogen-bond donors (Lipinski definition) is 1. The molecule has 0 heterocycles. The molecule has 1 unspecified atom stereocenters. The predicted molar refractivity (Wildman–Crippen MR) is 52.8 cm³/mol. The quantitative estimate of drug-likeness (QED) is 0.440. The number of rotatable bonds is 6. The smallest absolute Gasteiger partial charge is 0.391 e. The Morgan fingerprint density at radius 2 is 2.00 bits per heavy atom. The Morgan fingerprint density at radius 1 is 1.53 bits per heavy atom. The van der Waals surface area contributed by atoms with Gasteiger partial charge in [0.2, 0.25) is 0 Å². The summed E-state index contributed by atoms with van der Waals surface area (Å²) in [6, 6.07) is 0. The van der Waals surface area contributed by atoms with E-state index in [0.29, 0.717) is 6.92 Å². The summed E-state index contributed by atoms with van der Waals surface area (Å²) in [4.78, 5) is 10.8. The van der Waals surface area contributed by atoms with Gasteiger partial charge in [-0.15, -0.1) is 0 Å². The van der Waals surface area contributed by atoms with Crippen molar-refractivity contribution in [2.75, 3.05) is 6.61 Å². The van der Waals surface area contributed by atoms with Gasteiger partial charge in [0.05, 0.1) is 0 Å². The fourth-order valence-corrected chi connectivity index (χ4v) is 0.873. The summed E-state index contributed by atoms with van der Waals surface area (Å²) in [7, 11) is -4.75. The Kier molecular flexibility index (Phi) is 5.17. The van der Waals surface area contributed by atoms with Crippen molar-refractivity contribution in [3.63, 3.8) is 0 Å². The summed E-state index contributed by atoms with van der Waals surface area (Å²) in [5.41, 5.74) is -2.23. The molecule has 0 bridgehead atoms. The van der Waals surface area contributed by atoms with E-state index in [9.17, 15) is 22.0 Å². The van der Waals surface area contributed by atoms with Crippen molar-refractivity contribution in [3.05, 3.63) is 12.2 Å². The molecule has 0 aliphatic carbocycles. The van der Waals surface area contributed by atoms with Crippen molar-refractivity contribution in [2.45, 2.75) is 25.4 Å². The van der Waals surface area contributed by atoms with E-state index in [0.717, 1.165) is 0 Å². The molecule has 6 nitrogen and oxygen atoms in total. The van der Waals surface area contributed by atoms with E-state index in [-0.39, 0.29) is 5.57 Å². The van der Waals surface area contributed by atoms with Gasteiger partial charge in [-0.3, -0.25) is 9.29 Å². The maximum absolute atomic E-state index is 12.9. The third-order valence-corrected chi connectivity index (χ3v) is 2.41. The van der Waals surface area contributed by atoms with Crippen LogP contribution < -0.4 is 0 Å². The molecule has 0 saturated heterocycles. The first kappa shape index (κ1) is 15.9. The highest BCUT2D eigenvalue weighted by atomic mass is 32.2. The summed E-state index contributed by atoms with van der Waals surface area (Å²) in [6.07, 6.45) is -4.03. The lowest BCUT2D eigenvalue weighted by molar-refractivity contribution is -0.266. The number of esters is 1. The van der Waals surface area contributed by atoms with Crippen LogP contribution in [-0.2, 0) is 24.4 Å². The van der Waals surface area contributed by atoms with Gasteiger partial charge in [-0.25, -0.2) is 4.79 Å². The second kappa shape index (κ2) is 5.52. The Balaban J connectivity index is 4.40. The van der Waals surface area contributed by atoms with Gasteiger partial charge in [0.1, 0.15) is 0 Å². The molecular formula is C8H12F2O6S. The Labute approximate surface area is 97.0 Å². The molecule has 0 radical (unpaired) electrons. The van der Waals surface area contributed by atoms with Gasteiger partial charge in [-0.2, -0.15) is 17.2 Å². The summed E-state index contributed by atoms with van der Waals surface area (Å²) in [5, 5.41) is 0. The lowest BCUT2D eigenvalue weighted by Crippen LogP contribution is -2.35. The maximum atomic E-state index is 12.9. The molecule has 1 N–H and O–H groups in total. The van der Waals surface area contributed by atoms with Gasteiger partial charge in [0.15, 0.2) is 12.0 Å². The van der Waals surface area contributed by atoms with Gasteiger partial charge < -0.3 is 4.74 Å². The standard InChI is InChI=1S/C8H12F2O6S/c1-5(2)7(11)15-4-8(9,10)16-6(3)17(12,13)14/h6H,1,4H2,2-3H3,(H,12,13,14). The van der Waals surface area contributed by atoms with Gasteiger partial charge in [-0.05, 0) is 13.8 Å². The van der Waals surface area contributed by atoms with Crippen LogP contribution in [-0.4, -0.2) is 37.1 Å². The van der Waals surface area contributed by atoms with Crippen LogP contribution >= 0.6 is 0 Å². The molecule has 17 heavy (non-hydrogen) atoms. The van der Waals surface area contributed by atoms with Crippen molar-refractivity contribution < 1.29 is 36.0 Å². The minimum Gasteiger partial charge on any atom is -0.453 e. The number of halogens is 2. The average Bonchev–Trinajstić information content (AvgIpc) is 2.11. The molecule has 1 atom stereocenters. The molecular weight excluding hydrogens is 262 g/mol. The van der Waals surface area contributed by atoms with Gasteiger partial charge >= 0.3 is 12.1 Å². The van der Waals surface area contributed by atoms with Crippen LogP contribution in [0.2, 0.25) is 0 Å². The molecule has 0 aromatic rings. The van der Waals surface area contributed by atoms with E-state index in [1.165, 1.54) is 6.92 Å². The van der Waals surface area contributed by atoms with Crippen molar-refractivity contribution in [1.82, 2.24) is 0 Å². The van der Waals surface area contributed by atoms with E-state index in [2.05, 4.69) is 16.1 Å². The lowest BCUT2D eigenvalue weighted by Gasteiger charge is -2.19. The number of hydrogen-bond acceptors (Lipinski definition) is 5. The Bertz CT molecular complexity index is 402. The predicted octanol–water partition coefficient (Wildman–Crippen LogP) is 0.949. The van der Waals surface area contributed by atoms with E-state index < -0.39 is 34.2 Å². The average molecular weight is 274 g/mol. The van der Waals surface area contributed by atoms with Crippen LogP contribution in [0.3, 0.4) is 0 Å². The van der Waals surface area contributed by atoms with Gasteiger partial charge in [0.25, 0.3) is 10.1 Å². The van der Waals surface area contributed by atoms with E-state index in [1.54, 1.807) is 0 Å². The van der Waals surface area contributed by atoms with Crippen molar-refractivity contribution in [2.24, 2.45) is 0 Å². The molecule has 0 aliphatic heterocycles. The second-order valence-electron chi connectivity index (χ2n) is 3.19. The molecule has 0 fully saturated rings. The van der Waals surface area contributed by atoms with Crippen molar-refractivity contribution in [3.8, 4) is 0 Å². The minimum absolute atomic E-state index is 0.0939. The van der Waals surface area contributed by atoms with Crippen molar-refractivity contribution in [1.29, 1.82) is 0 Å². The third-order valence-electron chi connectivity index (χ3n) is 1.48. The first-order chi connectivity index (χ1) is 7.46. The normalized spacial score (nSPS) is 14.2. The SMILES string of the molecule is C=C(C)C(=O)OCC(F)(F)OC(C)S(=O)(=O)O. The maximum Gasteiger partial charge on any atom is 0.391 e. The molecule has 0 spiro atoms. The highest BCUT2D eigenvalue weighted by Crippen LogP contribution is 2.20. The van der Waals surface area contributed by atoms with Crippen molar-refractivity contribution >= 4 is 16.1 Å². The Hall–Kier alpha value is -1.06. The van der Waals surface area contributed by atoms with E-state index >= 15 is 0 Å².